The molecule has 1 aromatic heterocycles. The normalized spacial score (nSPS) is 10.4. The Kier molecular flexibility index (Phi) is 4.19. The maximum Gasteiger partial charge on any atom is 0.310 e. The molecule has 0 radical (unpaired) electrons. The third kappa shape index (κ3) is 3.02. The van der Waals surface area contributed by atoms with E-state index < -0.39 is 23.6 Å². The number of H-pyrrole nitrogens is 1. The van der Waals surface area contributed by atoms with Gasteiger partial charge in [0.2, 0.25) is 0 Å². The smallest absolute Gasteiger partial charge is 0.310 e. The molecule has 1 N–H and O–H groups in total. The van der Waals surface area contributed by atoms with E-state index >= 15 is 0 Å². The summed E-state index contributed by atoms with van der Waals surface area (Å²) in [6.45, 7) is 0. The van der Waals surface area contributed by atoms with E-state index in [-0.39, 0.29) is 17.7 Å². The van der Waals surface area contributed by atoms with E-state index in [1.54, 1.807) is 0 Å². The topological polar surface area (TPSA) is 68.4 Å². The van der Waals surface area contributed by atoms with E-state index in [0.29, 0.717) is 0 Å². The van der Waals surface area contributed by atoms with Gasteiger partial charge in [-0.15, -0.1) is 0 Å². The van der Waals surface area contributed by atoms with Gasteiger partial charge in [0.15, 0.2) is 0 Å². The molecule has 0 aliphatic heterocycles. The molecule has 0 saturated heterocycles. The molecule has 0 fully saturated rings. The fourth-order valence-electron chi connectivity index (χ4n) is 1.26. The molecule has 0 bridgehead atoms. The van der Waals surface area contributed by atoms with Gasteiger partial charge in [0.25, 0.3) is 12.0 Å². The molecule has 1 heterocycles. The summed E-state index contributed by atoms with van der Waals surface area (Å²) < 4.78 is 34.1. The minimum atomic E-state index is -2.86. The summed E-state index contributed by atoms with van der Waals surface area (Å²) in [5, 5.41) is 0. The Hall–Kier alpha value is -1.92. The molecule has 0 amide bonds. The van der Waals surface area contributed by atoms with E-state index in [1.165, 1.54) is 14.2 Å². The number of carbonyl (C=O) groups excluding carboxylic acids is 1. The second kappa shape index (κ2) is 5.42. The molecule has 0 unspecified atom stereocenters. The van der Waals surface area contributed by atoms with Crippen molar-refractivity contribution in [3.8, 4) is 5.75 Å². The van der Waals surface area contributed by atoms with Gasteiger partial charge >= 0.3 is 5.97 Å². The number of halogens is 2. The van der Waals surface area contributed by atoms with Gasteiger partial charge in [-0.3, -0.25) is 9.59 Å². The summed E-state index contributed by atoms with van der Waals surface area (Å²) in [7, 11) is 2.36. The lowest BCUT2D eigenvalue weighted by molar-refractivity contribution is -0.139. The van der Waals surface area contributed by atoms with Gasteiger partial charge in [0.05, 0.1) is 20.6 Å². The number of ether oxygens (including phenoxy) is 2. The maximum absolute atomic E-state index is 12.5. The van der Waals surface area contributed by atoms with Gasteiger partial charge < -0.3 is 14.5 Å². The van der Waals surface area contributed by atoms with Crippen LogP contribution in [-0.2, 0) is 16.0 Å². The van der Waals surface area contributed by atoms with Crippen molar-refractivity contribution in [1.82, 2.24) is 4.98 Å². The van der Waals surface area contributed by atoms with Crippen LogP contribution in [-0.4, -0.2) is 25.2 Å². The largest absolute Gasteiger partial charge is 0.495 e. The van der Waals surface area contributed by atoms with Crippen LogP contribution in [0.25, 0.3) is 0 Å². The summed E-state index contributed by atoms with van der Waals surface area (Å²) in [6.07, 6.45) is -3.16. The highest BCUT2D eigenvalue weighted by molar-refractivity contribution is 5.72. The molecule has 94 valence electrons. The van der Waals surface area contributed by atoms with Crippen LogP contribution in [0.4, 0.5) is 8.78 Å². The number of methoxy groups -OCH3 is 2. The zero-order valence-corrected chi connectivity index (χ0v) is 9.25. The highest BCUT2D eigenvalue weighted by atomic mass is 19.3. The minimum absolute atomic E-state index is 0.0121. The van der Waals surface area contributed by atoms with E-state index in [9.17, 15) is 18.4 Å². The van der Waals surface area contributed by atoms with Crippen molar-refractivity contribution < 1.29 is 23.0 Å². The lowest BCUT2D eigenvalue weighted by atomic mass is 10.2. The highest BCUT2D eigenvalue weighted by Gasteiger charge is 2.18. The number of nitrogens with one attached hydrogen (secondary N) is 1. The van der Waals surface area contributed by atoms with Crippen LogP contribution in [0.3, 0.4) is 0 Å². The molecule has 0 atom stereocenters. The second-order valence-corrected chi connectivity index (χ2v) is 3.16. The van der Waals surface area contributed by atoms with Gasteiger partial charge in [-0.25, -0.2) is 8.78 Å². The average molecular weight is 247 g/mol. The molecule has 0 aliphatic carbocycles. The Balaban J connectivity index is 3.18. The van der Waals surface area contributed by atoms with Crippen LogP contribution in [0, 0.1) is 0 Å². The third-order valence-corrected chi connectivity index (χ3v) is 2.11. The first-order valence-corrected chi connectivity index (χ1v) is 4.64. The molecule has 7 heteroatoms. The van der Waals surface area contributed by atoms with E-state index in [0.717, 1.165) is 6.07 Å². The number of carbonyl (C=O) groups is 1. The molecule has 17 heavy (non-hydrogen) atoms. The Morgan fingerprint density at radius 3 is 2.59 bits per heavy atom. The number of aromatic amines is 1. The first kappa shape index (κ1) is 13.1. The van der Waals surface area contributed by atoms with Crippen molar-refractivity contribution in [2.75, 3.05) is 14.2 Å². The van der Waals surface area contributed by atoms with Crippen molar-refractivity contribution in [3.63, 3.8) is 0 Å². The summed E-state index contributed by atoms with van der Waals surface area (Å²) in [6, 6.07) is 1.11. The molecular weight excluding hydrogens is 236 g/mol. The predicted molar refractivity (Wildman–Crippen MR) is 54.3 cm³/mol. The second-order valence-electron chi connectivity index (χ2n) is 3.16. The van der Waals surface area contributed by atoms with Crippen molar-refractivity contribution in [2.24, 2.45) is 0 Å². The van der Waals surface area contributed by atoms with Crippen LogP contribution in [0.2, 0.25) is 0 Å². The molecular formula is C10H11F2NO4. The zero-order chi connectivity index (χ0) is 13.0. The summed E-state index contributed by atoms with van der Waals surface area (Å²) in [5.41, 5.74) is -1.35. The molecule has 5 nitrogen and oxygen atoms in total. The van der Waals surface area contributed by atoms with Crippen molar-refractivity contribution in [1.29, 1.82) is 0 Å². The van der Waals surface area contributed by atoms with E-state index in [2.05, 4.69) is 4.74 Å². The van der Waals surface area contributed by atoms with Gasteiger partial charge in [-0.1, -0.05) is 0 Å². The Morgan fingerprint density at radius 1 is 1.47 bits per heavy atom. The van der Waals surface area contributed by atoms with Crippen LogP contribution >= 0.6 is 0 Å². The lowest BCUT2D eigenvalue weighted by Crippen LogP contribution is -2.19. The number of hydrogen-bond donors (Lipinski definition) is 1. The number of pyridine rings is 1. The number of alkyl halides is 2. The summed E-state index contributed by atoms with van der Waals surface area (Å²) >= 11 is 0. The molecule has 1 rings (SSSR count). The number of rotatable bonds is 4. The predicted octanol–water partition coefficient (Wildman–Crippen LogP) is 1.04. The molecule has 1 aromatic rings. The lowest BCUT2D eigenvalue weighted by Gasteiger charge is -2.09. The van der Waals surface area contributed by atoms with Crippen LogP contribution < -0.4 is 10.3 Å². The molecule has 0 aliphatic rings. The summed E-state index contributed by atoms with van der Waals surface area (Å²) in [4.78, 5) is 24.4. The third-order valence-electron chi connectivity index (χ3n) is 2.11. The van der Waals surface area contributed by atoms with E-state index in [1.807, 2.05) is 4.98 Å². The maximum atomic E-state index is 12.5. The SMILES string of the molecule is COC(=O)Cc1cc(OC)c(C(F)F)[nH]c1=O. The van der Waals surface area contributed by atoms with Gasteiger partial charge in [0.1, 0.15) is 11.4 Å². The first-order valence-electron chi connectivity index (χ1n) is 4.64. The van der Waals surface area contributed by atoms with Crippen LogP contribution in [0.15, 0.2) is 10.9 Å². The quantitative estimate of drug-likeness (QED) is 0.807. The summed E-state index contributed by atoms with van der Waals surface area (Å²) in [5.74, 6) is -0.805. The number of hydrogen-bond acceptors (Lipinski definition) is 4. The Morgan fingerprint density at radius 2 is 2.12 bits per heavy atom. The van der Waals surface area contributed by atoms with Gasteiger partial charge in [-0.2, -0.15) is 0 Å². The van der Waals surface area contributed by atoms with Crippen molar-refractivity contribution >= 4 is 5.97 Å². The molecule has 0 spiro atoms. The number of aromatic nitrogens is 1. The fourth-order valence-corrected chi connectivity index (χ4v) is 1.26. The average Bonchev–Trinajstić information content (AvgIpc) is 2.30. The number of esters is 1. The van der Waals surface area contributed by atoms with Crippen LogP contribution in [0.1, 0.15) is 17.7 Å². The van der Waals surface area contributed by atoms with Gasteiger partial charge in [0, 0.05) is 5.56 Å². The highest BCUT2D eigenvalue weighted by Crippen LogP contribution is 2.25. The monoisotopic (exact) mass is 247 g/mol. The zero-order valence-electron chi connectivity index (χ0n) is 9.25. The Bertz CT molecular complexity index is 470. The fraction of sp³-hybridized carbons (Fsp3) is 0.400. The Labute approximate surface area is 95.4 Å². The van der Waals surface area contributed by atoms with Crippen molar-refractivity contribution in [2.45, 2.75) is 12.8 Å². The standard InChI is InChI=1S/C10H11F2NO4/c1-16-6-3-5(4-7(14)17-2)10(15)13-8(6)9(11)12/h3,9H,4H2,1-2H3,(H,13,15). The molecule has 0 aromatic carbocycles. The van der Waals surface area contributed by atoms with Crippen molar-refractivity contribution in [3.05, 3.63) is 27.7 Å². The first-order chi connectivity index (χ1) is 7.99. The minimum Gasteiger partial charge on any atom is -0.495 e. The van der Waals surface area contributed by atoms with E-state index in [4.69, 9.17) is 4.74 Å². The molecule has 0 saturated carbocycles. The van der Waals surface area contributed by atoms with Crippen LogP contribution in [0.5, 0.6) is 5.75 Å². The van der Waals surface area contributed by atoms with Gasteiger partial charge in [-0.05, 0) is 6.07 Å².